The second-order valence-corrected chi connectivity index (χ2v) is 4.79. The van der Waals surface area contributed by atoms with Crippen LogP contribution in [0.15, 0.2) is 6.20 Å². The number of carboxylic acid groups (broad SMARTS) is 1. The molecule has 6 heteroatoms. The van der Waals surface area contributed by atoms with Gasteiger partial charge >= 0.3 is 5.97 Å². The summed E-state index contributed by atoms with van der Waals surface area (Å²) in [6.07, 6.45) is 6.45. The maximum absolute atomic E-state index is 10.6. The Hall–Kier alpha value is -1.43. The van der Waals surface area contributed by atoms with Crippen molar-refractivity contribution in [2.45, 2.75) is 46.1 Å². The molecule has 0 spiro atoms. The molecule has 19 heavy (non-hydrogen) atoms. The largest absolute Gasteiger partial charge is 0.476 e. The number of hydrogen-bond acceptors (Lipinski definition) is 4. The van der Waals surface area contributed by atoms with Crippen LogP contribution in [-0.2, 0) is 6.54 Å². The average Bonchev–Trinajstić information content (AvgIpc) is 2.87. The van der Waals surface area contributed by atoms with Crippen LogP contribution in [0.1, 0.15) is 50.0 Å². The summed E-state index contributed by atoms with van der Waals surface area (Å²) in [5.41, 5.74) is -0.00520. The van der Waals surface area contributed by atoms with Crippen molar-refractivity contribution in [2.75, 3.05) is 13.1 Å². The fourth-order valence-corrected chi connectivity index (χ4v) is 1.95. The molecular weight excluding hydrogens is 244 g/mol. The monoisotopic (exact) mass is 268 g/mol. The summed E-state index contributed by atoms with van der Waals surface area (Å²) >= 11 is 0. The Morgan fingerprint density at radius 1 is 1.53 bits per heavy atom. The lowest BCUT2D eigenvalue weighted by Gasteiger charge is -2.15. The van der Waals surface area contributed by atoms with Gasteiger partial charge in [-0.25, -0.2) is 4.79 Å². The van der Waals surface area contributed by atoms with Crippen molar-refractivity contribution in [1.82, 2.24) is 20.3 Å². The van der Waals surface area contributed by atoms with E-state index in [2.05, 4.69) is 29.5 Å². The lowest BCUT2D eigenvalue weighted by Crippen LogP contribution is -2.26. The van der Waals surface area contributed by atoms with Gasteiger partial charge in [-0.15, -0.1) is 5.10 Å². The predicted molar refractivity (Wildman–Crippen MR) is 73.2 cm³/mol. The van der Waals surface area contributed by atoms with E-state index in [4.69, 9.17) is 5.11 Å². The molecule has 1 aromatic heterocycles. The predicted octanol–water partition coefficient (Wildman–Crippen LogP) is 1.78. The molecule has 1 atom stereocenters. The molecule has 0 fully saturated rings. The van der Waals surface area contributed by atoms with E-state index in [-0.39, 0.29) is 5.69 Å². The van der Waals surface area contributed by atoms with Gasteiger partial charge in [0.05, 0.1) is 12.7 Å². The third-order valence-electron chi connectivity index (χ3n) is 3.25. The van der Waals surface area contributed by atoms with Gasteiger partial charge in [-0.2, -0.15) is 0 Å². The summed E-state index contributed by atoms with van der Waals surface area (Å²) in [6, 6.07) is 0. The van der Waals surface area contributed by atoms with Crippen molar-refractivity contribution >= 4 is 5.97 Å². The third-order valence-corrected chi connectivity index (χ3v) is 3.25. The van der Waals surface area contributed by atoms with Crippen LogP contribution in [-0.4, -0.2) is 39.2 Å². The molecule has 0 saturated carbocycles. The molecule has 1 rings (SSSR count). The van der Waals surface area contributed by atoms with E-state index >= 15 is 0 Å². The Bertz CT molecular complexity index is 378. The van der Waals surface area contributed by atoms with E-state index in [9.17, 15) is 4.79 Å². The van der Waals surface area contributed by atoms with Crippen molar-refractivity contribution in [3.8, 4) is 0 Å². The number of aromatic nitrogens is 3. The van der Waals surface area contributed by atoms with Gasteiger partial charge in [0, 0.05) is 6.54 Å². The lowest BCUT2D eigenvalue weighted by molar-refractivity contribution is 0.0690. The minimum absolute atomic E-state index is 0.00520. The fraction of sp³-hybridized carbons (Fsp3) is 0.769. The van der Waals surface area contributed by atoms with Crippen LogP contribution in [0.4, 0.5) is 0 Å². The summed E-state index contributed by atoms with van der Waals surface area (Å²) in [7, 11) is 0. The van der Waals surface area contributed by atoms with Gasteiger partial charge in [0.15, 0.2) is 5.69 Å². The molecule has 2 N–H and O–H groups in total. The van der Waals surface area contributed by atoms with Crippen LogP contribution in [0, 0.1) is 5.92 Å². The zero-order chi connectivity index (χ0) is 14.1. The van der Waals surface area contributed by atoms with Crippen molar-refractivity contribution in [2.24, 2.45) is 5.92 Å². The Morgan fingerprint density at radius 2 is 2.32 bits per heavy atom. The molecule has 0 bridgehead atoms. The molecule has 108 valence electrons. The Labute approximate surface area is 114 Å². The third kappa shape index (κ3) is 5.83. The smallest absolute Gasteiger partial charge is 0.358 e. The van der Waals surface area contributed by atoms with Crippen molar-refractivity contribution < 1.29 is 9.90 Å². The second-order valence-electron chi connectivity index (χ2n) is 4.79. The first kappa shape index (κ1) is 15.6. The number of carbonyl (C=O) groups is 1. The molecule has 0 aromatic carbocycles. The molecule has 0 aliphatic heterocycles. The van der Waals surface area contributed by atoms with Crippen LogP contribution in [0.3, 0.4) is 0 Å². The number of unbranched alkanes of at least 4 members (excludes halogenated alkanes) is 1. The fourth-order valence-electron chi connectivity index (χ4n) is 1.95. The van der Waals surface area contributed by atoms with Gasteiger partial charge in [-0.05, 0) is 18.9 Å². The molecule has 1 aromatic rings. The molecule has 0 radical (unpaired) electrons. The van der Waals surface area contributed by atoms with Crippen LogP contribution >= 0.6 is 0 Å². The number of rotatable bonds is 10. The summed E-state index contributed by atoms with van der Waals surface area (Å²) in [5, 5.41) is 19.5. The number of aromatic carboxylic acids is 1. The Morgan fingerprint density at radius 3 is 2.89 bits per heavy atom. The molecule has 0 aliphatic carbocycles. The quantitative estimate of drug-likeness (QED) is 0.632. The first-order chi connectivity index (χ1) is 9.17. The van der Waals surface area contributed by atoms with Gasteiger partial charge in [0.1, 0.15) is 0 Å². The van der Waals surface area contributed by atoms with Crippen LogP contribution < -0.4 is 5.32 Å². The van der Waals surface area contributed by atoms with Crippen molar-refractivity contribution in [3.05, 3.63) is 11.9 Å². The van der Waals surface area contributed by atoms with Crippen molar-refractivity contribution in [1.29, 1.82) is 0 Å². The number of nitrogens with one attached hydrogen (secondary N) is 1. The van der Waals surface area contributed by atoms with Crippen LogP contribution in [0.5, 0.6) is 0 Å². The highest BCUT2D eigenvalue weighted by molar-refractivity contribution is 5.84. The average molecular weight is 268 g/mol. The minimum atomic E-state index is -1.04. The lowest BCUT2D eigenvalue weighted by atomic mass is 9.99. The van der Waals surface area contributed by atoms with E-state index in [1.165, 1.54) is 31.9 Å². The van der Waals surface area contributed by atoms with Gasteiger partial charge in [0.25, 0.3) is 0 Å². The minimum Gasteiger partial charge on any atom is -0.476 e. The first-order valence-corrected chi connectivity index (χ1v) is 7.01. The van der Waals surface area contributed by atoms with Gasteiger partial charge in [-0.3, -0.25) is 4.68 Å². The summed E-state index contributed by atoms with van der Waals surface area (Å²) in [5.74, 6) is -0.310. The van der Waals surface area contributed by atoms with E-state index in [0.29, 0.717) is 6.54 Å². The van der Waals surface area contributed by atoms with Gasteiger partial charge in [-0.1, -0.05) is 38.3 Å². The Kier molecular flexibility index (Phi) is 7.10. The highest BCUT2D eigenvalue weighted by atomic mass is 16.4. The number of carboxylic acids is 1. The SMILES string of the molecule is CCCCC(CC)CNCCn1cc(C(=O)O)nn1. The summed E-state index contributed by atoms with van der Waals surface area (Å²) in [6.45, 7) is 6.87. The maximum atomic E-state index is 10.6. The summed E-state index contributed by atoms with van der Waals surface area (Å²) < 4.78 is 1.56. The van der Waals surface area contributed by atoms with E-state index in [1.807, 2.05) is 0 Å². The van der Waals surface area contributed by atoms with Crippen LogP contribution in [0.2, 0.25) is 0 Å². The highest BCUT2D eigenvalue weighted by Crippen LogP contribution is 2.10. The standard InChI is InChI=1S/C13H24N4O2/c1-3-5-6-11(4-2)9-14-7-8-17-10-12(13(18)19)15-16-17/h10-11,14H,3-9H2,1-2H3,(H,18,19). The zero-order valence-electron chi connectivity index (χ0n) is 11.8. The normalized spacial score (nSPS) is 12.5. The molecule has 0 saturated heterocycles. The molecule has 1 heterocycles. The zero-order valence-corrected chi connectivity index (χ0v) is 11.8. The number of hydrogen-bond donors (Lipinski definition) is 2. The topological polar surface area (TPSA) is 80.0 Å². The van der Waals surface area contributed by atoms with Gasteiger partial charge in [0.2, 0.25) is 0 Å². The van der Waals surface area contributed by atoms with E-state index in [1.54, 1.807) is 4.68 Å². The molecule has 1 unspecified atom stereocenters. The first-order valence-electron chi connectivity index (χ1n) is 7.01. The van der Waals surface area contributed by atoms with E-state index < -0.39 is 5.97 Å². The second kappa shape index (κ2) is 8.63. The number of nitrogens with zero attached hydrogens (tertiary/aromatic N) is 3. The molecular formula is C13H24N4O2. The molecule has 0 amide bonds. The molecule has 0 aliphatic rings. The molecule has 6 nitrogen and oxygen atoms in total. The van der Waals surface area contributed by atoms with E-state index in [0.717, 1.165) is 19.0 Å². The van der Waals surface area contributed by atoms with Crippen LogP contribution in [0.25, 0.3) is 0 Å². The highest BCUT2D eigenvalue weighted by Gasteiger charge is 2.08. The maximum Gasteiger partial charge on any atom is 0.358 e. The van der Waals surface area contributed by atoms with Crippen molar-refractivity contribution in [3.63, 3.8) is 0 Å². The Balaban J connectivity index is 2.20. The summed E-state index contributed by atoms with van der Waals surface area (Å²) in [4.78, 5) is 10.6. The van der Waals surface area contributed by atoms with Gasteiger partial charge < -0.3 is 10.4 Å².